The van der Waals surface area contributed by atoms with Gasteiger partial charge in [0.15, 0.2) is 0 Å². The normalized spacial score (nSPS) is 13.0. The maximum Gasteiger partial charge on any atom is 0.265 e. The van der Waals surface area contributed by atoms with Crippen molar-refractivity contribution in [3.8, 4) is 0 Å². The van der Waals surface area contributed by atoms with Crippen LogP contribution in [0.25, 0.3) is 0 Å². The minimum absolute atomic E-state index is 0.101. The summed E-state index contributed by atoms with van der Waals surface area (Å²) in [5.74, 6) is 0. The number of hydrogen-bond donors (Lipinski definition) is 1. The van der Waals surface area contributed by atoms with Crippen molar-refractivity contribution in [2.24, 2.45) is 0 Å². The van der Waals surface area contributed by atoms with E-state index in [1.54, 1.807) is 50.3 Å². The standard InChI is InChI=1S/C32H68P.C8H19O4P/c1-5-9-13-17-18-19-20-21-22-23-24-28-32-33(29-25-14-10-6-2,30-26-15-11-7-3)31-27-16-12-8-4;1-2-3-4-5-6-7-8-12-13(9,10)11/h5-32H2,1-4H3;2-8H2,1H3,(H2,9,10,11)/q+1;/p-1. The van der Waals surface area contributed by atoms with Gasteiger partial charge in [-0.05, 0) is 57.8 Å². The van der Waals surface area contributed by atoms with Crippen LogP contribution >= 0.6 is 15.1 Å². The molecule has 0 aliphatic heterocycles. The van der Waals surface area contributed by atoms with Crippen molar-refractivity contribution in [3.63, 3.8) is 0 Å². The summed E-state index contributed by atoms with van der Waals surface area (Å²) in [5.41, 5.74) is 0. The molecule has 0 fully saturated rings. The van der Waals surface area contributed by atoms with Crippen molar-refractivity contribution in [1.82, 2.24) is 0 Å². The van der Waals surface area contributed by atoms with E-state index in [9.17, 15) is 9.46 Å². The predicted octanol–water partition coefficient (Wildman–Crippen LogP) is 14.3. The van der Waals surface area contributed by atoms with Gasteiger partial charge in [0, 0.05) is 7.26 Å². The molecule has 0 spiro atoms. The van der Waals surface area contributed by atoms with E-state index in [1.807, 2.05) is 0 Å². The van der Waals surface area contributed by atoms with Crippen molar-refractivity contribution in [2.45, 2.75) is 227 Å². The first-order chi connectivity index (χ1) is 22.3. The molecular weight excluding hydrogens is 606 g/mol. The van der Waals surface area contributed by atoms with Gasteiger partial charge < -0.3 is 14.3 Å². The first-order valence-corrected chi connectivity index (χ1v) is 24.9. The lowest BCUT2D eigenvalue weighted by Gasteiger charge is -2.28. The second-order valence-electron chi connectivity index (χ2n) is 14.4. The molecule has 4 nitrogen and oxygen atoms in total. The van der Waals surface area contributed by atoms with Gasteiger partial charge in [-0.2, -0.15) is 0 Å². The Kier molecular flexibility index (Phi) is 40.6. The largest absolute Gasteiger partial charge is 0.756 e. The van der Waals surface area contributed by atoms with Gasteiger partial charge in [0.1, 0.15) is 0 Å². The Labute approximate surface area is 291 Å². The molecule has 1 unspecified atom stereocenters. The zero-order valence-electron chi connectivity index (χ0n) is 32.3. The average molecular weight is 693 g/mol. The number of hydrogen-bond acceptors (Lipinski definition) is 3. The average Bonchev–Trinajstić information content (AvgIpc) is 3.03. The van der Waals surface area contributed by atoms with Crippen LogP contribution in [0.2, 0.25) is 0 Å². The van der Waals surface area contributed by atoms with E-state index in [-0.39, 0.29) is 6.61 Å². The molecule has 0 aliphatic carbocycles. The van der Waals surface area contributed by atoms with Crippen LogP contribution in [0.1, 0.15) is 227 Å². The molecule has 0 saturated heterocycles. The Morgan fingerprint density at radius 2 is 0.630 bits per heavy atom. The van der Waals surface area contributed by atoms with E-state index in [0.717, 1.165) is 12.8 Å². The van der Waals surface area contributed by atoms with Gasteiger partial charge in [-0.15, -0.1) is 0 Å². The zero-order valence-corrected chi connectivity index (χ0v) is 34.1. The second-order valence-corrected chi connectivity index (χ2v) is 20.0. The van der Waals surface area contributed by atoms with Crippen LogP contribution in [0.4, 0.5) is 0 Å². The summed E-state index contributed by atoms with van der Waals surface area (Å²) < 4.78 is 14.3. The van der Waals surface area contributed by atoms with Gasteiger partial charge in [0.2, 0.25) is 0 Å². The van der Waals surface area contributed by atoms with Gasteiger partial charge in [-0.3, -0.25) is 4.57 Å². The molecule has 0 heterocycles. The Hall–Kier alpha value is 0.540. The summed E-state index contributed by atoms with van der Waals surface area (Å²) in [5, 5.41) is 0. The summed E-state index contributed by atoms with van der Waals surface area (Å²) >= 11 is 0. The van der Waals surface area contributed by atoms with E-state index >= 15 is 0 Å². The summed E-state index contributed by atoms with van der Waals surface area (Å²) in [6.07, 6.45) is 48.4. The predicted molar refractivity (Wildman–Crippen MR) is 209 cm³/mol. The third kappa shape index (κ3) is 39.0. The first kappa shape index (κ1) is 48.7. The maximum atomic E-state index is 10.1. The number of phosphoric ester groups is 1. The Morgan fingerprint density at radius 1 is 0.413 bits per heavy atom. The topological polar surface area (TPSA) is 69.6 Å². The molecule has 1 atom stereocenters. The molecule has 0 radical (unpaired) electrons. The van der Waals surface area contributed by atoms with Gasteiger partial charge in [-0.25, -0.2) is 0 Å². The Bertz CT molecular complexity index is 579. The van der Waals surface area contributed by atoms with Crippen LogP contribution < -0.4 is 4.89 Å². The number of phosphoric acid groups is 1. The highest BCUT2D eigenvalue weighted by Gasteiger charge is 2.34. The minimum Gasteiger partial charge on any atom is -0.756 e. The van der Waals surface area contributed by atoms with Crippen LogP contribution in [0.15, 0.2) is 0 Å². The second kappa shape index (κ2) is 38.3. The molecular formula is C40H86O4P2. The third-order valence-corrected chi connectivity index (χ3v) is 15.3. The molecule has 0 aromatic heterocycles. The maximum absolute atomic E-state index is 10.1. The van der Waals surface area contributed by atoms with E-state index in [4.69, 9.17) is 4.89 Å². The molecule has 0 aromatic rings. The molecule has 280 valence electrons. The van der Waals surface area contributed by atoms with Crippen LogP contribution in [0, 0.1) is 0 Å². The van der Waals surface area contributed by atoms with Crippen molar-refractivity contribution in [3.05, 3.63) is 0 Å². The quantitative estimate of drug-likeness (QED) is 0.0524. The summed E-state index contributed by atoms with van der Waals surface area (Å²) in [4.78, 5) is 18.4. The van der Waals surface area contributed by atoms with E-state index in [2.05, 4.69) is 39.1 Å². The Morgan fingerprint density at radius 3 is 0.891 bits per heavy atom. The van der Waals surface area contributed by atoms with Gasteiger partial charge in [0.25, 0.3) is 7.82 Å². The van der Waals surface area contributed by atoms with E-state index < -0.39 is 15.1 Å². The molecule has 0 aliphatic rings. The summed E-state index contributed by atoms with van der Waals surface area (Å²) in [6.45, 7) is 11.7. The van der Waals surface area contributed by atoms with Crippen LogP contribution in [-0.2, 0) is 9.09 Å². The highest BCUT2D eigenvalue weighted by atomic mass is 31.2. The fourth-order valence-electron chi connectivity index (χ4n) is 6.64. The van der Waals surface area contributed by atoms with Crippen molar-refractivity contribution in [2.75, 3.05) is 31.3 Å². The fraction of sp³-hybridized carbons (Fsp3) is 1.00. The third-order valence-electron chi connectivity index (χ3n) is 9.70. The zero-order chi connectivity index (χ0) is 34.5. The Balaban J connectivity index is 0. The van der Waals surface area contributed by atoms with Crippen LogP contribution in [0.3, 0.4) is 0 Å². The summed E-state index contributed by atoms with van der Waals surface area (Å²) in [7, 11) is -5.17. The van der Waals surface area contributed by atoms with Gasteiger partial charge >= 0.3 is 0 Å². The molecule has 0 rings (SSSR count). The number of unbranched alkanes of at least 4 members (excludes halogenated alkanes) is 25. The van der Waals surface area contributed by atoms with Gasteiger partial charge in [0.05, 0.1) is 31.3 Å². The van der Waals surface area contributed by atoms with Crippen LogP contribution in [-0.4, -0.2) is 36.1 Å². The van der Waals surface area contributed by atoms with Crippen LogP contribution in [0.5, 0.6) is 0 Å². The van der Waals surface area contributed by atoms with Crippen molar-refractivity contribution < 1.29 is 18.9 Å². The van der Waals surface area contributed by atoms with E-state index in [1.165, 1.54) is 148 Å². The van der Waals surface area contributed by atoms with E-state index in [0.29, 0.717) is 6.42 Å². The minimum atomic E-state index is -4.48. The monoisotopic (exact) mass is 693 g/mol. The molecule has 46 heavy (non-hydrogen) atoms. The van der Waals surface area contributed by atoms with Crippen molar-refractivity contribution >= 4 is 15.1 Å². The fourth-order valence-corrected chi connectivity index (χ4v) is 11.9. The lowest BCUT2D eigenvalue weighted by atomic mass is 10.1. The molecule has 6 heteroatoms. The SMILES string of the molecule is CCCCCCCCCCCCCC[P+](CCCCCC)(CCCCCC)CCCCCC.CCCCCCCCOP(=O)([O-])O. The highest BCUT2D eigenvalue weighted by molar-refractivity contribution is 7.75. The molecule has 0 amide bonds. The highest BCUT2D eigenvalue weighted by Crippen LogP contribution is 2.61. The first-order valence-electron chi connectivity index (χ1n) is 20.8. The van der Waals surface area contributed by atoms with Gasteiger partial charge in [-0.1, -0.05) is 169 Å². The summed E-state index contributed by atoms with van der Waals surface area (Å²) in [6, 6.07) is 0. The lowest BCUT2D eigenvalue weighted by molar-refractivity contribution is -0.219. The smallest absolute Gasteiger partial charge is 0.265 e. The lowest BCUT2D eigenvalue weighted by Crippen LogP contribution is -2.13. The molecule has 0 bridgehead atoms. The molecule has 1 N–H and O–H groups in total. The number of rotatable bonds is 36. The molecule has 0 aromatic carbocycles. The molecule has 0 saturated carbocycles. The van der Waals surface area contributed by atoms with Crippen molar-refractivity contribution in [1.29, 1.82) is 0 Å².